The van der Waals surface area contributed by atoms with Crippen LogP contribution < -0.4 is 0 Å². The van der Waals surface area contributed by atoms with E-state index in [1.165, 1.54) is 38.5 Å². The molecule has 2 aliphatic carbocycles. The minimum Gasteiger partial charge on any atom is -0.0651 e. The lowest BCUT2D eigenvalue weighted by molar-refractivity contribution is 0.260. The fourth-order valence-corrected chi connectivity index (χ4v) is 4.79. The Hall–Kier alpha value is 0. The van der Waals surface area contributed by atoms with Gasteiger partial charge in [-0.15, -0.1) is 0 Å². The van der Waals surface area contributed by atoms with Gasteiger partial charge in [0, 0.05) is 0 Å². The molecule has 0 nitrogen and oxygen atoms in total. The minimum atomic E-state index is 0.942. The quantitative estimate of drug-likeness (QED) is 0.581. The summed E-state index contributed by atoms with van der Waals surface area (Å²) in [7, 11) is 0. The van der Waals surface area contributed by atoms with Gasteiger partial charge in [-0.25, -0.2) is 0 Å². The zero-order chi connectivity index (χ0) is 13.1. The molecular weight excluding hydrogens is 216 g/mol. The fraction of sp³-hybridized carbons (Fsp3) is 1.00. The van der Waals surface area contributed by atoms with Crippen molar-refractivity contribution in [2.45, 2.75) is 79.1 Å². The topological polar surface area (TPSA) is 0 Å². The first-order valence-electron chi connectivity index (χ1n) is 8.61. The van der Waals surface area contributed by atoms with Gasteiger partial charge in [-0.1, -0.05) is 53.4 Å². The van der Waals surface area contributed by atoms with E-state index in [1.54, 1.807) is 12.8 Å². The molecule has 0 N–H and O–H groups in total. The van der Waals surface area contributed by atoms with Gasteiger partial charge < -0.3 is 0 Å². The van der Waals surface area contributed by atoms with Crippen molar-refractivity contribution in [1.29, 1.82) is 0 Å². The smallest absolute Gasteiger partial charge is 0.0360 e. The summed E-state index contributed by atoms with van der Waals surface area (Å²) in [6.07, 6.45) is 12.0. The Labute approximate surface area is 115 Å². The molecule has 6 unspecified atom stereocenters. The predicted octanol–water partition coefficient (Wildman–Crippen LogP) is 5.91. The van der Waals surface area contributed by atoms with E-state index in [0.717, 1.165) is 35.5 Å². The average molecular weight is 250 g/mol. The van der Waals surface area contributed by atoms with Crippen molar-refractivity contribution in [3.8, 4) is 0 Å². The van der Waals surface area contributed by atoms with E-state index in [9.17, 15) is 0 Å². The van der Waals surface area contributed by atoms with Gasteiger partial charge in [0.1, 0.15) is 0 Å². The zero-order valence-electron chi connectivity index (χ0n) is 13.1. The van der Waals surface area contributed by atoms with E-state index in [-0.39, 0.29) is 0 Å². The maximum Gasteiger partial charge on any atom is -0.0360 e. The maximum absolute atomic E-state index is 2.54. The molecule has 0 radical (unpaired) electrons. The summed E-state index contributed by atoms with van der Waals surface area (Å²) >= 11 is 0. The van der Waals surface area contributed by atoms with Crippen LogP contribution in [0, 0.1) is 35.5 Å². The van der Waals surface area contributed by atoms with Gasteiger partial charge in [-0.05, 0) is 61.2 Å². The molecule has 0 saturated heterocycles. The first-order valence-corrected chi connectivity index (χ1v) is 8.61. The third-order valence-electron chi connectivity index (χ3n) is 6.33. The molecule has 0 spiro atoms. The van der Waals surface area contributed by atoms with Crippen molar-refractivity contribution < 1.29 is 0 Å². The Morgan fingerprint density at radius 2 is 1.83 bits per heavy atom. The highest BCUT2D eigenvalue weighted by molar-refractivity contribution is 4.88. The van der Waals surface area contributed by atoms with Crippen LogP contribution in [0.5, 0.6) is 0 Å². The predicted molar refractivity (Wildman–Crippen MR) is 80.6 cm³/mol. The molecule has 2 saturated carbocycles. The summed E-state index contributed by atoms with van der Waals surface area (Å²) in [4.78, 5) is 0. The molecule has 2 rings (SSSR count). The molecule has 0 aromatic rings. The second-order valence-corrected chi connectivity index (χ2v) is 7.63. The van der Waals surface area contributed by atoms with Crippen LogP contribution in [0.3, 0.4) is 0 Å². The highest BCUT2D eigenvalue weighted by atomic mass is 14.4. The van der Waals surface area contributed by atoms with Crippen LogP contribution >= 0.6 is 0 Å². The Morgan fingerprint density at radius 1 is 1.06 bits per heavy atom. The van der Waals surface area contributed by atoms with Gasteiger partial charge in [0.15, 0.2) is 0 Å². The second-order valence-electron chi connectivity index (χ2n) is 7.63. The number of hydrogen-bond donors (Lipinski definition) is 0. The molecule has 2 fully saturated rings. The van der Waals surface area contributed by atoms with Gasteiger partial charge in [-0.2, -0.15) is 0 Å². The van der Waals surface area contributed by atoms with E-state index in [1.807, 2.05) is 0 Å². The van der Waals surface area contributed by atoms with Crippen molar-refractivity contribution in [2.75, 3.05) is 0 Å². The van der Waals surface area contributed by atoms with Crippen molar-refractivity contribution >= 4 is 0 Å². The van der Waals surface area contributed by atoms with E-state index in [0.29, 0.717) is 0 Å². The first-order chi connectivity index (χ1) is 8.61. The Balaban J connectivity index is 1.93. The second kappa shape index (κ2) is 6.44. The highest BCUT2D eigenvalue weighted by Crippen LogP contribution is 2.48. The van der Waals surface area contributed by atoms with E-state index < -0.39 is 0 Å². The summed E-state index contributed by atoms with van der Waals surface area (Å²) in [6, 6.07) is 0. The molecule has 2 aliphatic rings. The summed E-state index contributed by atoms with van der Waals surface area (Å²) in [5.41, 5.74) is 0. The molecule has 0 amide bonds. The minimum absolute atomic E-state index is 0.942. The molecule has 18 heavy (non-hydrogen) atoms. The van der Waals surface area contributed by atoms with Gasteiger partial charge in [0.2, 0.25) is 0 Å². The number of hydrogen-bond acceptors (Lipinski definition) is 0. The van der Waals surface area contributed by atoms with Crippen LogP contribution in [0.15, 0.2) is 0 Å². The van der Waals surface area contributed by atoms with Crippen LogP contribution in [-0.4, -0.2) is 0 Å². The summed E-state index contributed by atoms with van der Waals surface area (Å²) in [5.74, 6) is 6.13. The monoisotopic (exact) mass is 250 g/mol. The standard InChI is InChI=1S/C18H34/c1-5-13(2)9-10-16-12-17-7-6-8-18(17)15(4)11-14(16)3/h13-18H,5-12H2,1-4H3. The molecule has 0 aromatic heterocycles. The van der Waals surface area contributed by atoms with Crippen molar-refractivity contribution in [3.05, 3.63) is 0 Å². The van der Waals surface area contributed by atoms with Gasteiger partial charge in [0.05, 0.1) is 0 Å². The summed E-state index contributed by atoms with van der Waals surface area (Å²) in [5, 5.41) is 0. The van der Waals surface area contributed by atoms with Crippen LogP contribution in [0.2, 0.25) is 0 Å². The highest BCUT2D eigenvalue weighted by Gasteiger charge is 2.38. The molecular formula is C18H34. The zero-order valence-corrected chi connectivity index (χ0v) is 13.1. The van der Waals surface area contributed by atoms with Gasteiger partial charge >= 0.3 is 0 Å². The van der Waals surface area contributed by atoms with E-state index in [2.05, 4.69) is 27.7 Å². The van der Waals surface area contributed by atoms with Crippen molar-refractivity contribution in [2.24, 2.45) is 35.5 Å². The average Bonchev–Trinajstić information content (AvgIpc) is 2.77. The molecule has 0 aliphatic heterocycles. The van der Waals surface area contributed by atoms with E-state index in [4.69, 9.17) is 0 Å². The van der Waals surface area contributed by atoms with Gasteiger partial charge in [-0.3, -0.25) is 0 Å². The van der Waals surface area contributed by atoms with Crippen LogP contribution in [0.4, 0.5) is 0 Å². The Kier molecular flexibility index (Phi) is 5.15. The lowest BCUT2D eigenvalue weighted by atomic mass is 9.81. The summed E-state index contributed by atoms with van der Waals surface area (Å²) < 4.78 is 0. The molecule has 106 valence electrons. The largest absolute Gasteiger partial charge is 0.0651 e. The normalized spacial score (nSPS) is 42.3. The number of fused-ring (bicyclic) bond motifs is 1. The van der Waals surface area contributed by atoms with Crippen LogP contribution in [0.25, 0.3) is 0 Å². The third-order valence-corrected chi connectivity index (χ3v) is 6.33. The van der Waals surface area contributed by atoms with Crippen molar-refractivity contribution in [3.63, 3.8) is 0 Å². The molecule has 0 bridgehead atoms. The summed E-state index contributed by atoms with van der Waals surface area (Å²) in [6.45, 7) is 9.86. The third kappa shape index (κ3) is 3.31. The fourth-order valence-electron chi connectivity index (χ4n) is 4.79. The number of rotatable bonds is 4. The van der Waals surface area contributed by atoms with E-state index >= 15 is 0 Å². The van der Waals surface area contributed by atoms with Crippen LogP contribution in [-0.2, 0) is 0 Å². The molecule has 0 heteroatoms. The van der Waals surface area contributed by atoms with Crippen molar-refractivity contribution in [1.82, 2.24) is 0 Å². The Bertz CT molecular complexity index is 244. The van der Waals surface area contributed by atoms with Gasteiger partial charge in [0.25, 0.3) is 0 Å². The molecule has 0 heterocycles. The lowest BCUT2D eigenvalue weighted by Crippen LogP contribution is -2.15. The first kappa shape index (κ1) is 14.4. The Morgan fingerprint density at radius 3 is 2.56 bits per heavy atom. The van der Waals surface area contributed by atoms with Crippen LogP contribution in [0.1, 0.15) is 79.1 Å². The maximum atomic E-state index is 2.54. The molecule has 6 atom stereocenters. The lowest BCUT2D eigenvalue weighted by Gasteiger charge is -2.25. The SMILES string of the molecule is CCC(C)CCC1CC2CCCC2C(C)CC1C. The molecule has 0 aromatic carbocycles.